The normalized spacial score (nSPS) is 16.9. The van der Waals surface area contributed by atoms with Crippen LogP contribution in [0.25, 0.3) is 11.6 Å². The molecule has 2 aromatic carbocycles. The van der Waals surface area contributed by atoms with Crippen LogP contribution in [0.3, 0.4) is 0 Å². The van der Waals surface area contributed by atoms with Gasteiger partial charge in [-0.15, -0.1) is 0 Å². The maximum absolute atomic E-state index is 13.6. The van der Waals surface area contributed by atoms with E-state index in [1.165, 1.54) is 0 Å². The second-order valence-corrected chi connectivity index (χ2v) is 7.09. The summed E-state index contributed by atoms with van der Waals surface area (Å²) in [7, 11) is 3.81. The van der Waals surface area contributed by atoms with E-state index in [4.69, 9.17) is 9.98 Å². The van der Waals surface area contributed by atoms with Crippen molar-refractivity contribution in [3.63, 3.8) is 0 Å². The molecule has 5 rings (SSSR count). The maximum atomic E-state index is 13.6. The minimum Gasteiger partial charge on any atom is -0.347 e. The molecule has 5 heteroatoms. The van der Waals surface area contributed by atoms with Gasteiger partial charge in [-0.25, -0.2) is 9.98 Å². The lowest BCUT2D eigenvalue weighted by molar-refractivity contribution is 0.105. The highest BCUT2D eigenvalue weighted by Gasteiger charge is 2.35. The van der Waals surface area contributed by atoms with Crippen molar-refractivity contribution in [3.05, 3.63) is 82.1 Å². The predicted octanol–water partition coefficient (Wildman–Crippen LogP) is 3.61. The van der Waals surface area contributed by atoms with E-state index in [1.807, 2.05) is 67.5 Å². The summed E-state index contributed by atoms with van der Waals surface area (Å²) in [6.45, 7) is 0.529. The Bertz CT molecular complexity index is 1180. The molecule has 0 spiro atoms. The van der Waals surface area contributed by atoms with Crippen molar-refractivity contribution < 1.29 is 4.79 Å². The first kappa shape index (κ1) is 16.6. The van der Waals surface area contributed by atoms with Crippen LogP contribution in [0.1, 0.15) is 32.6 Å². The van der Waals surface area contributed by atoms with Crippen molar-refractivity contribution >= 4 is 35.3 Å². The standard InChI is InChI=1S/C23H18N4O/c1-27(2)23-25-20-16-9-3-4-10-17(16)22(28)19(21(20)26-23)15-11-5-7-14-8-6-12-24-13-18(14)15/h3-12H,13H2,1-2H3. The maximum Gasteiger partial charge on any atom is 0.226 e. The zero-order valence-electron chi connectivity index (χ0n) is 15.7. The Morgan fingerprint density at radius 1 is 0.929 bits per heavy atom. The third-order valence-corrected chi connectivity index (χ3v) is 5.14. The van der Waals surface area contributed by atoms with Crippen LogP contribution in [-0.2, 0) is 6.54 Å². The zero-order chi connectivity index (χ0) is 19.3. The molecule has 2 aromatic rings. The molecule has 28 heavy (non-hydrogen) atoms. The lowest BCUT2D eigenvalue weighted by Gasteiger charge is -2.21. The quantitative estimate of drug-likeness (QED) is 0.774. The molecule has 3 aliphatic rings. The number of carbonyl (C=O) groups is 1. The summed E-state index contributed by atoms with van der Waals surface area (Å²) in [6.07, 6.45) is 5.75. The first-order chi connectivity index (χ1) is 13.6. The summed E-state index contributed by atoms with van der Waals surface area (Å²) in [5.41, 5.74) is 6.52. The van der Waals surface area contributed by atoms with Gasteiger partial charge in [0.15, 0.2) is 5.78 Å². The molecule has 0 fully saturated rings. The number of allylic oxidation sites excluding steroid dienone is 3. The number of guanidine groups is 1. The number of hydrogen-bond acceptors (Lipinski definition) is 5. The Hall–Kier alpha value is -3.60. The van der Waals surface area contributed by atoms with Gasteiger partial charge in [0, 0.05) is 31.4 Å². The van der Waals surface area contributed by atoms with Crippen LogP contribution in [-0.4, -0.2) is 42.7 Å². The lowest BCUT2D eigenvalue weighted by atomic mass is 9.81. The first-order valence-electron chi connectivity index (χ1n) is 9.17. The van der Waals surface area contributed by atoms with E-state index in [2.05, 4.69) is 11.1 Å². The Balaban J connectivity index is 1.82. The fraction of sp³-hybridized carbons (Fsp3) is 0.130. The highest BCUT2D eigenvalue weighted by Crippen LogP contribution is 2.38. The van der Waals surface area contributed by atoms with Crippen molar-refractivity contribution in [2.75, 3.05) is 14.1 Å². The Kier molecular flexibility index (Phi) is 3.69. The number of fused-ring (bicyclic) bond motifs is 4. The lowest BCUT2D eigenvalue weighted by Crippen LogP contribution is -2.21. The Morgan fingerprint density at radius 2 is 1.71 bits per heavy atom. The molecule has 0 bridgehead atoms. The molecule has 136 valence electrons. The Morgan fingerprint density at radius 3 is 2.54 bits per heavy atom. The van der Waals surface area contributed by atoms with Gasteiger partial charge in [0.1, 0.15) is 11.4 Å². The smallest absolute Gasteiger partial charge is 0.226 e. The van der Waals surface area contributed by atoms with Crippen molar-refractivity contribution in [2.45, 2.75) is 6.54 Å². The summed E-state index contributed by atoms with van der Waals surface area (Å²) in [5, 5.41) is 0. The minimum atomic E-state index is -0.0149. The van der Waals surface area contributed by atoms with Crippen LogP contribution >= 0.6 is 0 Å². The fourth-order valence-corrected chi connectivity index (χ4v) is 3.80. The van der Waals surface area contributed by atoms with Gasteiger partial charge in [-0.1, -0.05) is 48.5 Å². The number of benzene rings is 2. The molecule has 0 atom stereocenters. The minimum absolute atomic E-state index is 0.0149. The predicted molar refractivity (Wildman–Crippen MR) is 113 cm³/mol. The van der Waals surface area contributed by atoms with E-state index >= 15 is 0 Å². The van der Waals surface area contributed by atoms with Crippen LogP contribution in [0.15, 0.2) is 69.2 Å². The summed E-state index contributed by atoms with van der Waals surface area (Å²) in [5.74, 6) is 0.589. The monoisotopic (exact) mass is 366 g/mol. The third kappa shape index (κ3) is 2.40. The summed E-state index contributed by atoms with van der Waals surface area (Å²) in [4.78, 5) is 29.3. The molecule has 0 unspecified atom stereocenters. The summed E-state index contributed by atoms with van der Waals surface area (Å²) in [6, 6.07) is 13.6. The van der Waals surface area contributed by atoms with Crippen LogP contribution in [0.4, 0.5) is 0 Å². The number of Topliss-reactive ketones (excluding diaryl/α,β-unsaturated/α-hetero) is 1. The summed E-state index contributed by atoms with van der Waals surface area (Å²) < 4.78 is 0. The van der Waals surface area contributed by atoms with Gasteiger partial charge >= 0.3 is 0 Å². The second kappa shape index (κ2) is 6.23. The van der Waals surface area contributed by atoms with Crippen LogP contribution in [0.5, 0.6) is 0 Å². The number of ketones is 1. The molecular weight excluding hydrogens is 348 g/mol. The first-order valence-corrected chi connectivity index (χ1v) is 9.17. The second-order valence-electron chi connectivity index (χ2n) is 7.09. The van der Waals surface area contributed by atoms with Crippen LogP contribution < -0.4 is 0 Å². The molecule has 2 aliphatic heterocycles. The van der Waals surface area contributed by atoms with Gasteiger partial charge in [-0.05, 0) is 22.8 Å². The number of aliphatic imine (C=N–C) groups is 3. The van der Waals surface area contributed by atoms with Crippen molar-refractivity contribution in [1.82, 2.24) is 4.90 Å². The molecule has 1 aliphatic carbocycles. The van der Waals surface area contributed by atoms with E-state index < -0.39 is 0 Å². The van der Waals surface area contributed by atoms with E-state index in [0.717, 1.165) is 28.0 Å². The van der Waals surface area contributed by atoms with Gasteiger partial charge in [-0.3, -0.25) is 9.79 Å². The highest BCUT2D eigenvalue weighted by atomic mass is 16.1. The van der Waals surface area contributed by atoms with Gasteiger partial charge in [0.25, 0.3) is 0 Å². The van der Waals surface area contributed by atoms with Crippen molar-refractivity contribution in [1.29, 1.82) is 0 Å². The molecule has 5 nitrogen and oxygen atoms in total. The molecular formula is C23H18N4O. The molecule has 0 saturated heterocycles. The number of hydrogen-bond donors (Lipinski definition) is 0. The average molecular weight is 366 g/mol. The van der Waals surface area contributed by atoms with Crippen LogP contribution in [0.2, 0.25) is 0 Å². The summed E-state index contributed by atoms with van der Waals surface area (Å²) >= 11 is 0. The van der Waals surface area contributed by atoms with E-state index in [-0.39, 0.29) is 5.78 Å². The number of rotatable bonds is 1. The molecule has 0 aromatic heterocycles. The molecule has 0 saturated carbocycles. The van der Waals surface area contributed by atoms with E-state index in [1.54, 1.807) is 6.21 Å². The third-order valence-electron chi connectivity index (χ3n) is 5.14. The van der Waals surface area contributed by atoms with Crippen LogP contribution in [0, 0.1) is 0 Å². The molecule has 0 N–H and O–H groups in total. The largest absolute Gasteiger partial charge is 0.347 e. The van der Waals surface area contributed by atoms with Gasteiger partial charge in [0.05, 0.1) is 12.1 Å². The molecule has 0 radical (unpaired) electrons. The number of nitrogens with zero attached hydrogens (tertiary/aromatic N) is 4. The average Bonchev–Trinajstić information content (AvgIpc) is 3.00. The van der Waals surface area contributed by atoms with Crippen molar-refractivity contribution in [3.8, 4) is 0 Å². The van der Waals surface area contributed by atoms with E-state index in [0.29, 0.717) is 29.3 Å². The van der Waals surface area contributed by atoms with E-state index in [9.17, 15) is 4.79 Å². The fourth-order valence-electron chi connectivity index (χ4n) is 3.80. The Labute approximate surface area is 163 Å². The van der Waals surface area contributed by atoms with Gasteiger partial charge in [-0.2, -0.15) is 0 Å². The molecule has 0 amide bonds. The van der Waals surface area contributed by atoms with Gasteiger partial charge in [0.2, 0.25) is 5.96 Å². The highest BCUT2D eigenvalue weighted by molar-refractivity contribution is 6.43. The van der Waals surface area contributed by atoms with Crippen molar-refractivity contribution in [2.24, 2.45) is 15.0 Å². The zero-order valence-corrected chi connectivity index (χ0v) is 15.7. The van der Waals surface area contributed by atoms with Gasteiger partial charge < -0.3 is 4.90 Å². The topological polar surface area (TPSA) is 57.4 Å². The molecule has 2 heterocycles. The number of carbonyl (C=O) groups excluding carboxylic acids is 1. The SMILES string of the molecule is CN(C)C1=NC2=C(c3cccc4c3CN=CC=C4)C(=O)c3ccccc3C2=N1.